The van der Waals surface area contributed by atoms with Crippen LogP contribution in [0, 0.1) is 5.92 Å². The molecule has 4 heteroatoms. The summed E-state index contributed by atoms with van der Waals surface area (Å²) >= 11 is 3.38. The Labute approximate surface area is 104 Å². The molecule has 0 N–H and O–H groups in total. The maximum atomic E-state index is 10.9. The largest absolute Gasteiger partial charge is 0.303 e. The number of carbonyl (C=O) groups is 1. The van der Waals surface area contributed by atoms with Gasteiger partial charge in [0.2, 0.25) is 0 Å². The lowest BCUT2D eigenvalue weighted by Crippen LogP contribution is -2.34. The molecule has 1 aliphatic rings. The Hall–Kier alpha value is -0.740. The molecule has 0 aromatic carbocycles. The van der Waals surface area contributed by atoms with Crippen molar-refractivity contribution in [3.63, 3.8) is 0 Å². The molecule has 3 nitrogen and oxygen atoms in total. The van der Waals surface area contributed by atoms with E-state index in [1.165, 1.54) is 0 Å². The lowest BCUT2D eigenvalue weighted by atomic mass is 9.90. The van der Waals surface area contributed by atoms with Crippen molar-refractivity contribution in [2.45, 2.75) is 18.9 Å². The van der Waals surface area contributed by atoms with Crippen LogP contribution < -0.4 is 0 Å². The summed E-state index contributed by atoms with van der Waals surface area (Å²) in [6, 6.07) is 6.20. The molecule has 0 amide bonds. The van der Waals surface area contributed by atoms with Crippen molar-refractivity contribution in [2.75, 3.05) is 13.6 Å². The van der Waals surface area contributed by atoms with Gasteiger partial charge >= 0.3 is 0 Å². The highest BCUT2D eigenvalue weighted by molar-refractivity contribution is 9.10. The van der Waals surface area contributed by atoms with Crippen molar-refractivity contribution in [2.24, 2.45) is 5.92 Å². The van der Waals surface area contributed by atoms with Gasteiger partial charge in [-0.05, 0) is 54.5 Å². The van der Waals surface area contributed by atoms with Crippen LogP contribution >= 0.6 is 15.9 Å². The van der Waals surface area contributed by atoms with E-state index in [4.69, 9.17) is 0 Å². The Bertz CT molecular complexity index is 383. The zero-order valence-corrected chi connectivity index (χ0v) is 10.9. The number of piperidine rings is 1. The van der Waals surface area contributed by atoms with Gasteiger partial charge in [0, 0.05) is 5.92 Å². The van der Waals surface area contributed by atoms with E-state index >= 15 is 0 Å². The van der Waals surface area contributed by atoms with Crippen molar-refractivity contribution in [3.8, 4) is 0 Å². The summed E-state index contributed by atoms with van der Waals surface area (Å²) in [7, 11) is 2.09. The minimum Gasteiger partial charge on any atom is -0.303 e. The van der Waals surface area contributed by atoms with Crippen LogP contribution in [-0.4, -0.2) is 29.8 Å². The highest BCUT2D eigenvalue weighted by Gasteiger charge is 2.27. The molecule has 0 spiro atoms. The molecule has 1 saturated heterocycles. The number of likely N-dealkylation sites (tertiary alicyclic amines) is 1. The number of aldehydes is 1. The number of halogens is 1. The molecule has 86 valence electrons. The van der Waals surface area contributed by atoms with Gasteiger partial charge in [-0.25, -0.2) is 4.98 Å². The van der Waals surface area contributed by atoms with Crippen LogP contribution in [0.25, 0.3) is 0 Å². The second-order valence-corrected chi connectivity index (χ2v) is 5.11. The minimum atomic E-state index is 0.182. The van der Waals surface area contributed by atoms with E-state index in [1.54, 1.807) is 0 Å². The zero-order chi connectivity index (χ0) is 11.5. The van der Waals surface area contributed by atoms with Crippen molar-refractivity contribution < 1.29 is 4.79 Å². The van der Waals surface area contributed by atoms with Crippen LogP contribution in [0.4, 0.5) is 0 Å². The van der Waals surface area contributed by atoms with Crippen LogP contribution in [-0.2, 0) is 4.79 Å². The van der Waals surface area contributed by atoms with E-state index in [-0.39, 0.29) is 12.0 Å². The van der Waals surface area contributed by atoms with Crippen molar-refractivity contribution in [1.29, 1.82) is 0 Å². The quantitative estimate of drug-likeness (QED) is 0.617. The molecule has 2 atom stereocenters. The Kier molecular flexibility index (Phi) is 3.71. The fourth-order valence-corrected chi connectivity index (χ4v) is 2.55. The first-order valence-electron chi connectivity index (χ1n) is 5.48. The van der Waals surface area contributed by atoms with E-state index in [0.29, 0.717) is 0 Å². The lowest BCUT2D eigenvalue weighted by molar-refractivity contribution is -0.112. The van der Waals surface area contributed by atoms with Crippen molar-refractivity contribution in [1.82, 2.24) is 9.88 Å². The normalized spacial score (nSPS) is 26.6. The second-order valence-electron chi connectivity index (χ2n) is 4.30. The molecule has 0 bridgehead atoms. The van der Waals surface area contributed by atoms with Gasteiger partial charge < -0.3 is 4.79 Å². The van der Waals surface area contributed by atoms with E-state index in [1.807, 2.05) is 18.2 Å². The van der Waals surface area contributed by atoms with E-state index in [9.17, 15) is 4.79 Å². The first-order valence-corrected chi connectivity index (χ1v) is 6.28. The van der Waals surface area contributed by atoms with Gasteiger partial charge in [0.25, 0.3) is 0 Å². The number of nitrogens with zero attached hydrogens (tertiary/aromatic N) is 2. The molecular weight excluding hydrogens is 268 g/mol. The van der Waals surface area contributed by atoms with Crippen LogP contribution in [0.5, 0.6) is 0 Å². The molecule has 2 heterocycles. The predicted molar refractivity (Wildman–Crippen MR) is 66.1 cm³/mol. The molecular formula is C12H15BrN2O. The molecule has 1 aromatic heterocycles. The average molecular weight is 283 g/mol. The summed E-state index contributed by atoms with van der Waals surface area (Å²) in [5, 5.41) is 0. The molecule has 2 rings (SSSR count). The first-order chi connectivity index (χ1) is 7.70. The number of hydrogen-bond donors (Lipinski definition) is 0. The summed E-state index contributed by atoms with van der Waals surface area (Å²) < 4.78 is 0.853. The molecule has 1 aliphatic heterocycles. The fourth-order valence-electron chi connectivity index (χ4n) is 2.19. The third-order valence-electron chi connectivity index (χ3n) is 3.18. The van der Waals surface area contributed by atoms with Crippen LogP contribution in [0.2, 0.25) is 0 Å². The molecule has 1 fully saturated rings. The van der Waals surface area contributed by atoms with Crippen molar-refractivity contribution >= 4 is 22.2 Å². The Balaban J connectivity index is 2.20. The van der Waals surface area contributed by atoms with E-state index in [0.717, 1.165) is 36.0 Å². The van der Waals surface area contributed by atoms with Gasteiger partial charge in [0.05, 0.1) is 11.7 Å². The minimum absolute atomic E-state index is 0.182. The number of aromatic nitrogens is 1. The smallest absolute Gasteiger partial charge is 0.123 e. The molecule has 0 aliphatic carbocycles. The molecule has 16 heavy (non-hydrogen) atoms. The Morgan fingerprint density at radius 2 is 2.38 bits per heavy atom. The monoisotopic (exact) mass is 282 g/mol. The van der Waals surface area contributed by atoms with E-state index in [2.05, 4.69) is 32.9 Å². The predicted octanol–water partition coefficient (Wildman–Crippen LogP) is 2.43. The fraction of sp³-hybridized carbons (Fsp3) is 0.500. The third-order valence-corrected chi connectivity index (χ3v) is 3.62. The molecule has 2 unspecified atom stereocenters. The van der Waals surface area contributed by atoms with Gasteiger partial charge in [-0.2, -0.15) is 0 Å². The van der Waals surface area contributed by atoms with Crippen LogP contribution in [0.15, 0.2) is 22.8 Å². The van der Waals surface area contributed by atoms with Gasteiger partial charge in [0.1, 0.15) is 10.9 Å². The first kappa shape index (κ1) is 11.7. The molecule has 0 radical (unpaired) electrons. The summed E-state index contributed by atoms with van der Waals surface area (Å²) in [6.45, 7) is 0.961. The number of rotatable bonds is 2. The van der Waals surface area contributed by atoms with Gasteiger partial charge in [-0.1, -0.05) is 6.07 Å². The van der Waals surface area contributed by atoms with Crippen LogP contribution in [0.1, 0.15) is 24.6 Å². The van der Waals surface area contributed by atoms with Crippen molar-refractivity contribution in [3.05, 3.63) is 28.5 Å². The maximum Gasteiger partial charge on any atom is 0.123 e. The summed E-state index contributed by atoms with van der Waals surface area (Å²) in [6.07, 6.45) is 2.92. The standard InChI is InChI=1S/C12H15BrN2O/c1-15-6-5-9(8-16)7-11(15)10-3-2-4-12(13)14-10/h2-4,8-9,11H,5-7H2,1H3. The Morgan fingerprint density at radius 3 is 3.06 bits per heavy atom. The SMILES string of the molecule is CN1CCC(C=O)CC1c1cccc(Br)n1. The topological polar surface area (TPSA) is 33.2 Å². The molecule has 1 aromatic rings. The number of carbonyl (C=O) groups excluding carboxylic acids is 1. The number of pyridine rings is 1. The van der Waals surface area contributed by atoms with E-state index < -0.39 is 0 Å². The second kappa shape index (κ2) is 5.06. The van der Waals surface area contributed by atoms with Crippen LogP contribution in [0.3, 0.4) is 0 Å². The van der Waals surface area contributed by atoms with Gasteiger partial charge in [-0.3, -0.25) is 4.90 Å². The van der Waals surface area contributed by atoms with Gasteiger partial charge in [-0.15, -0.1) is 0 Å². The average Bonchev–Trinajstić information content (AvgIpc) is 2.30. The lowest BCUT2D eigenvalue weighted by Gasteiger charge is -2.34. The molecule has 0 saturated carbocycles. The summed E-state index contributed by atoms with van der Waals surface area (Å²) in [4.78, 5) is 17.6. The highest BCUT2D eigenvalue weighted by atomic mass is 79.9. The van der Waals surface area contributed by atoms with Gasteiger partial charge in [0.15, 0.2) is 0 Å². The maximum absolute atomic E-state index is 10.9. The highest BCUT2D eigenvalue weighted by Crippen LogP contribution is 2.31. The zero-order valence-electron chi connectivity index (χ0n) is 9.27. The summed E-state index contributed by atoms with van der Waals surface area (Å²) in [5.74, 6) is 0.182. The third kappa shape index (κ3) is 2.50. The summed E-state index contributed by atoms with van der Waals surface area (Å²) in [5.41, 5.74) is 1.04. The Morgan fingerprint density at radius 1 is 1.56 bits per heavy atom. The number of hydrogen-bond acceptors (Lipinski definition) is 3.